The number of hydrogen-bond acceptors (Lipinski definition) is 3. The smallest absolute Gasteiger partial charge is 0.303 e. The summed E-state index contributed by atoms with van der Waals surface area (Å²) in [6.07, 6.45) is 5.74. The quantitative estimate of drug-likeness (QED) is 0.821. The minimum atomic E-state index is -0.787. The van der Waals surface area contributed by atoms with E-state index in [0.29, 0.717) is 6.42 Å². The van der Waals surface area contributed by atoms with Crippen molar-refractivity contribution in [1.29, 1.82) is 0 Å². The molecular formula is C11H10N2O2. The largest absolute Gasteiger partial charge is 0.481 e. The van der Waals surface area contributed by atoms with Gasteiger partial charge >= 0.3 is 5.97 Å². The lowest BCUT2D eigenvalue weighted by atomic mass is 10.1. The zero-order chi connectivity index (χ0) is 10.7. The fourth-order valence-electron chi connectivity index (χ4n) is 1.40. The summed E-state index contributed by atoms with van der Waals surface area (Å²) in [7, 11) is 0. The van der Waals surface area contributed by atoms with Gasteiger partial charge in [-0.1, -0.05) is 0 Å². The van der Waals surface area contributed by atoms with Gasteiger partial charge in [0.2, 0.25) is 0 Å². The molecule has 76 valence electrons. The van der Waals surface area contributed by atoms with Gasteiger partial charge in [0.1, 0.15) is 0 Å². The van der Waals surface area contributed by atoms with E-state index >= 15 is 0 Å². The summed E-state index contributed by atoms with van der Waals surface area (Å²) in [4.78, 5) is 18.6. The van der Waals surface area contributed by atoms with E-state index in [1.54, 1.807) is 18.6 Å². The lowest BCUT2D eigenvalue weighted by Gasteiger charge is -2.00. The van der Waals surface area contributed by atoms with Crippen LogP contribution in [0, 0.1) is 0 Å². The van der Waals surface area contributed by atoms with Crippen LogP contribution in [0.25, 0.3) is 10.9 Å². The van der Waals surface area contributed by atoms with Gasteiger partial charge in [-0.3, -0.25) is 14.8 Å². The summed E-state index contributed by atoms with van der Waals surface area (Å²) >= 11 is 0. The molecule has 4 nitrogen and oxygen atoms in total. The lowest BCUT2D eigenvalue weighted by Crippen LogP contribution is -1.97. The molecule has 0 aliphatic rings. The van der Waals surface area contributed by atoms with Gasteiger partial charge < -0.3 is 5.11 Å². The summed E-state index contributed by atoms with van der Waals surface area (Å²) in [6.45, 7) is 0. The van der Waals surface area contributed by atoms with E-state index in [2.05, 4.69) is 9.97 Å². The van der Waals surface area contributed by atoms with Crippen LogP contribution < -0.4 is 0 Å². The van der Waals surface area contributed by atoms with Crippen molar-refractivity contribution < 1.29 is 9.90 Å². The first-order chi connectivity index (χ1) is 7.25. The summed E-state index contributed by atoms with van der Waals surface area (Å²) in [5.41, 5.74) is 1.77. The standard InChI is InChI=1S/C11H10N2O2/c14-11(15)2-1-8-5-9-3-4-12-7-10(9)13-6-8/h3-7H,1-2H2,(H,14,15). The van der Waals surface area contributed by atoms with Crippen molar-refractivity contribution in [2.24, 2.45) is 0 Å². The molecule has 2 rings (SSSR count). The third kappa shape index (κ3) is 2.28. The van der Waals surface area contributed by atoms with Crippen LogP contribution in [0.4, 0.5) is 0 Å². The number of carboxylic acid groups (broad SMARTS) is 1. The van der Waals surface area contributed by atoms with Crippen molar-refractivity contribution >= 4 is 16.9 Å². The molecule has 2 aromatic heterocycles. The highest BCUT2D eigenvalue weighted by Crippen LogP contribution is 2.12. The Balaban J connectivity index is 2.26. The molecule has 0 aromatic carbocycles. The molecule has 15 heavy (non-hydrogen) atoms. The van der Waals surface area contributed by atoms with Gasteiger partial charge in [-0.2, -0.15) is 0 Å². The summed E-state index contributed by atoms with van der Waals surface area (Å²) in [5, 5.41) is 9.55. The molecule has 2 heterocycles. The normalized spacial score (nSPS) is 10.4. The molecule has 0 aliphatic heterocycles. The highest BCUT2D eigenvalue weighted by Gasteiger charge is 2.01. The van der Waals surface area contributed by atoms with E-state index in [0.717, 1.165) is 16.5 Å². The second-order valence-corrected chi connectivity index (χ2v) is 3.31. The predicted octanol–water partition coefficient (Wildman–Crippen LogP) is 1.65. The van der Waals surface area contributed by atoms with E-state index < -0.39 is 5.97 Å². The number of hydrogen-bond donors (Lipinski definition) is 1. The van der Waals surface area contributed by atoms with E-state index in [4.69, 9.17) is 5.11 Å². The Morgan fingerprint density at radius 1 is 1.40 bits per heavy atom. The molecule has 0 atom stereocenters. The van der Waals surface area contributed by atoms with Gasteiger partial charge in [0, 0.05) is 24.2 Å². The highest BCUT2D eigenvalue weighted by molar-refractivity contribution is 5.77. The SMILES string of the molecule is O=C(O)CCc1cnc2cnccc2c1. The number of fused-ring (bicyclic) bond motifs is 1. The molecule has 0 fully saturated rings. The third-order valence-electron chi connectivity index (χ3n) is 2.17. The van der Waals surface area contributed by atoms with Crippen molar-refractivity contribution in [3.63, 3.8) is 0 Å². The van der Waals surface area contributed by atoms with Crippen LogP contribution in [0.2, 0.25) is 0 Å². The van der Waals surface area contributed by atoms with Crippen molar-refractivity contribution in [2.75, 3.05) is 0 Å². The van der Waals surface area contributed by atoms with Crippen LogP contribution in [0.1, 0.15) is 12.0 Å². The number of nitrogens with zero attached hydrogens (tertiary/aromatic N) is 2. The fraction of sp³-hybridized carbons (Fsp3) is 0.182. The summed E-state index contributed by atoms with van der Waals surface area (Å²) in [6, 6.07) is 3.82. The molecule has 0 saturated carbocycles. The second-order valence-electron chi connectivity index (χ2n) is 3.31. The number of aliphatic carboxylic acids is 1. The number of pyridine rings is 2. The van der Waals surface area contributed by atoms with Gasteiger partial charge in [0.25, 0.3) is 0 Å². The predicted molar refractivity (Wildman–Crippen MR) is 55.5 cm³/mol. The maximum atomic E-state index is 10.4. The number of carbonyl (C=O) groups is 1. The molecule has 0 spiro atoms. The first-order valence-electron chi connectivity index (χ1n) is 4.66. The average molecular weight is 202 g/mol. The van der Waals surface area contributed by atoms with E-state index in [1.807, 2.05) is 12.1 Å². The van der Waals surface area contributed by atoms with Crippen molar-refractivity contribution in [3.05, 3.63) is 36.3 Å². The molecule has 1 N–H and O–H groups in total. The van der Waals surface area contributed by atoms with Crippen LogP contribution in [0.5, 0.6) is 0 Å². The molecule has 2 aromatic rings. The molecule has 0 saturated heterocycles. The molecule has 0 radical (unpaired) electrons. The summed E-state index contributed by atoms with van der Waals surface area (Å²) in [5.74, 6) is -0.787. The lowest BCUT2D eigenvalue weighted by molar-refractivity contribution is -0.136. The van der Waals surface area contributed by atoms with Gasteiger partial charge in [-0.25, -0.2) is 0 Å². The Hall–Kier alpha value is -1.97. The minimum absolute atomic E-state index is 0.137. The Morgan fingerprint density at radius 3 is 3.07 bits per heavy atom. The van der Waals surface area contributed by atoms with Crippen LogP contribution in [-0.4, -0.2) is 21.0 Å². The molecular weight excluding hydrogens is 192 g/mol. The highest BCUT2D eigenvalue weighted by atomic mass is 16.4. The first kappa shape index (κ1) is 9.58. The summed E-state index contributed by atoms with van der Waals surface area (Å²) < 4.78 is 0. The van der Waals surface area contributed by atoms with Crippen LogP contribution >= 0.6 is 0 Å². The van der Waals surface area contributed by atoms with Crippen LogP contribution in [0.3, 0.4) is 0 Å². The zero-order valence-electron chi connectivity index (χ0n) is 8.05. The Bertz CT molecular complexity index is 497. The van der Waals surface area contributed by atoms with Gasteiger partial charge in [-0.05, 0) is 24.1 Å². The monoisotopic (exact) mass is 202 g/mol. The van der Waals surface area contributed by atoms with Gasteiger partial charge in [0.05, 0.1) is 11.7 Å². The topological polar surface area (TPSA) is 63.1 Å². The molecule has 0 unspecified atom stereocenters. The Morgan fingerprint density at radius 2 is 2.27 bits per heavy atom. The number of carboxylic acids is 1. The third-order valence-corrected chi connectivity index (χ3v) is 2.17. The molecule has 4 heteroatoms. The number of aryl methyl sites for hydroxylation is 1. The Labute approximate surface area is 86.6 Å². The number of aromatic nitrogens is 2. The maximum absolute atomic E-state index is 10.4. The van der Waals surface area contributed by atoms with Gasteiger partial charge in [0.15, 0.2) is 0 Å². The van der Waals surface area contributed by atoms with Crippen molar-refractivity contribution in [2.45, 2.75) is 12.8 Å². The fourth-order valence-corrected chi connectivity index (χ4v) is 1.40. The maximum Gasteiger partial charge on any atom is 0.303 e. The second kappa shape index (κ2) is 4.04. The van der Waals surface area contributed by atoms with E-state index in [1.165, 1.54) is 0 Å². The Kier molecular flexibility index (Phi) is 2.58. The van der Waals surface area contributed by atoms with E-state index in [9.17, 15) is 4.79 Å². The zero-order valence-corrected chi connectivity index (χ0v) is 8.05. The van der Waals surface area contributed by atoms with Crippen LogP contribution in [-0.2, 0) is 11.2 Å². The molecule has 0 bridgehead atoms. The van der Waals surface area contributed by atoms with Gasteiger partial charge in [-0.15, -0.1) is 0 Å². The van der Waals surface area contributed by atoms with E-state index in [-0.39, 0.29) is 6.42 Å². The molecule has 0 amide bonds. The first-order valence-corrected chi connectivity index (χ1v) is 4.66. The van der Waals surface area contributed by atoms with Crippen LogP contribution in [0.15, 0.2) is 30.7 Å². The average Bonchev–Trinajstić information content (AvgIpc) is 2.26. The number of rotatable bonds is 3. The van der Waals surface area contributed by atoms with Crippen molar-refractivity contribution in [3.8, 4) is 0 Å². The minimum Gasteiger partial charge on any atom is -0.481 e. The molecule has 0 aliphatic carbocycles. The van der Waals surface area contributed by atoms with Crippen molar-refractivity contribution in [1.82, 2.24) is 9.97 Å².